The molecule has 0 aromatic heterocycles. The third-order valence-corrected chi connectivity index (χ3v) is 7.01. The van der Waals surface area contributed by atoms with Crippen LogP contribution in [-0.4, -0.2) is 35.1 Å². The standard InChI is InChI=1S/C23H22Cl2N2O5S/c1-15-4-10-21(32-3)22(12-15)33(29,30)27(18-8-5-16(24)6-9-18)14-23(28)26-19-13-17(25)7-11-20(19)31-2/h4-13H,14H2,1-3H3,(H,26,28). The van der Waals surface area contributed by atoms with Crippen molar-refractivity contribution in [1.29, 1.82) is 0 Å². The Morgan fingerprint density at radius 1 is 0.909 bits per heavy atom. The Labute approximate surface area is 202 Å². The highest BCUT2D eigenvalue weighted by Gasteiger charge is 2.30. The van der Waals surface area contributed by atoms with Crippen molar-refractivity contribution in [2.75, 3.05) is 30.4 Å². The predicted octanol–water partition coefficient (Wildman–Crippen LogP) is 5.15. The molecule has 0 aliphatic heterocycles. The quantitative estimate of drug-likeness (QED) is 0.454. The lowest BCUT2D eigenvalue weighted by Crippen LogP contribution is -2.38. The van der Waals surface area contributed by atoms with Crippen LogP contribution in [0.2, 0.25) is 10.0 Å². The summed E-state index contributed by atoms with van der Waals surface area (Å²) in [5.74, 6) is -0.0498. The highest BCUT2D eigenvalue weighted by atomic mass is 35.5. The lowest BCUT2D eigenvalue weighted by atomic mass is 10.2. The summed E-state index contributed by atoms with van der Waals surface area (Å²) in [5.41, 5.74) is 1.30. The molecule has 0 aliphatic carbocycles. The van der Waals surface area contributed by atoms with Crippen LogP contribution in [0.25, 0.3) is 0 Å². The number of methoxy groups -OCH3 is 2. The normalized spacial score (nSPS) is 11.1. The van der Waals surface area contributed by atoms with E-state index in [-0.39, 0.29) is 16.3 Å². The number of aryl methyl sites for hydroxylation is 1. The lowest BCUT2D eigenvalue weighted by molar-refractivity contribution is -0.114. The van der Waals surface area contributed by atoms with Crippen molar-refractivity contribution >= 4 is 50.5 Å². The molecule has 7 nitrogen and oxygen atoms in total. The first kappa shape index (κ1) is 24.7. The summed E-state index contributed by atoms with van der Waals surface area (Å²) < 4.78 is 38.9. The molecule has 0 heterocycles. The predicted molar refractivity (Wildman–Crippen MR) is 130 cm³/mol. The number of carbonyl (C=O) groups is 1. The maximum Gasteiger partial charge on any atom is 0.268 e. The molecular formula is C23H22Cl2N2O5S. The molecule has 0 bridgehead atoms. The summed E-state index contributed by atoms with van der Waals surface area (Å²) in [7, 11) is -1.36. The fraction of sp³-hybridized carbons (Fsp3) is 0.174. The van der Waals surface area contributed by atoms with Gasteiger partial charge in [-0.15, -0.1) is 0 Å². The molecule has 0 saturated carbocycles. The molecule has 3 aromatic carbocycles. The van der Waals surface area contributed by atoms with Gasteiger partial charge in [0.15, 0.2) is 0 Å². The van der Waals surface area contributed by atoms with Crippen LogP contribution in [0.1, 0.15) is 5.56 Å². The van der Waals surface area contributed by atoms with Crippen molar-refractivity contribution < 1.29 is 22.7 Å². The molecule has 1 N–H and O–H groups in total. The number of hydrogen-bond donors (Lipinski definition) is 1. The topological polar surface area (TPSA) is 84.9 Å². The van der Waals surface area contributed by atoms with E-state index in [2.05, 4.69) is 5.32 Å². The van der Waals surface area contributed by atoms with Gasteiger partial charge in [-0.3, -0.25) is 9.10 Å². The molecule has 3 rings (SSSR count). The number of hydrogen-bond acceptors (Lipinski definition) is 5. The van der Waals surface area contributed by atoms with Gasteiger partial charge in [-0.05, 0) is 67.1 Å². The minimum atomic E-state index is -4.20. The van der Waals surface area contributed by atoms with Crippen LogP contribution in [-0.2, 0) is 14.8 Å². The zero-order valence-electron chi connectivity index (χ0n) is 18.1. The number of carbonyl (C=O) groups excluding carboxylic acids is 1. The van der Waals surface area contributed by atoms with Gasteiger partial charge in [-0.1, -0.05) is 29.3 Å². The number of halogens is 2. The van der Waals surface area contributed by atoms with Crippen molar-refractivity contribution in [3.8, 4) is 11.5 Å². The van der Waals surface area contributed by atoms with E-state index >= 15 is 0 Å². The van der Waals surface area contributed by atoms with Crippen LogP contribution in [0.5, 0.6) is 11.5 Å². The summed E-state index contributed by atoms with van der Waals surface area (Å²) in [6, 6.07) is 15.7. The minimum Gasteiger partial charge on any atom is -0.495 e. The van der Waals surface area contributed by atoms with Gasteiger partial charge in [0.05, 0.1) is 25.6 Å². The second-order valence-corrected chi connectivity index (χ2v) is 9.74. The Morgan fingerprint density at radius 3 is 2.15 bits per heavy atom. The Balaban J connectivity index is 2.03. The number of nitrogens with zero attached hydrogens (tertiary/aromatic N) is 1. The third-order valence-electron chi connectivity index (χ3n) is 4.72. The highest BCUT2D eigenvalue weighted by Crippen LogP contribution is 2.32. The van der Waals surface area contributed by atoms with E-state index in [1.54, 1.807) is 43.3 Å². The largest absolute Gasteiger partial charge is 0.495 e. The number of nitrogens with one attached hydrogen (secondary N) is 1. The summed E-state index contributed by atoms with van der Waals surface area (Å²) >= 11 is 12.0. The molecular weight excluding hydrogens is 487 g/mol. The molecule has 0 radical (unpaired) electrons. The number of ether oxygens (including phenoxy) is 2. The van der Waals surface area contributed by atoms with Gasteiger partial charge in [0, 0.05) is 10.0 Å². The van der Waals surface area contributed by atoms with Crippen LogP contribution in [0.3, 0.4) is 0 Å². The zero-order chi connectivity index (χ0) is 24.2. The summed E-state index contributed by atoms with van der Waals surface area (Å²) in [6.45, 7) is 1.25. The Bertz CT molecular complexity index is 1260. The minimum absolute atomic E-state index is 0.0620. The van der Waals surface area contributed by atoms with E-state index < -0.39 is 22.5 Å². The van der Waals surface area contributed by atoms with E-state index in [4.69, 9.17) is 32.7 Å². The monoisotopic (exact) mass is 508 g/mol. The zero-order valence-corrected chi connectivity index (χ0v) is 20.5. The van der Waals surface area contributed by atoms with Gasteiger partial charge >= 0.3 is 0 Å². The van der Waals surface area contributed by atoms with Crippen molar-refractivity contribution in [2.45, 2.75) is 11.8 Å². The SMILES string of the molecule is COc1ccc(Cl)cc1NC(=O)CN(c1ccc(Cl)cc1)S(=O)(=O)c1cc(C)ccc1OC. The maximum atomic E-state index is 13.7. The fourth-order valence-electron chi connectivity index (χ4n) is 3.12. The number of amides is 1. The van der Waals surface area contributed by atoms with Gasteiger partial charge in [0.2, 0.25) is 5.91 Å². The molecule has 0 fully saturated rings. The molecule has 174 valence electrons. The van der Waals surface area contributed by atoms with Crippen molar-refractivity contribution in [2.24, 2.45) is 0 Å². The summed E-state index contributed by atoms with van der Waals surface area (Å²) in [4.78, 5) is 12.9. The molecule has 3 aromatic rings. The van der Waals surface area contributed by atoms with Crippen molar-refractivity contribution in [1.82, 2.24) is 0 Å². The second kappa shape index (κ2) is 10.3. The fourth-order valence-corrected chi connectivity index (χ4v) is 5.09. The first-order chi connectivity index (χ1) is 15.6. The average molecular weight is 509 g/mol. The van der Waals surface area contributed by atoms with E-state index in [0.717, 1.165) is 9.87 Å². The van der Waals surface area contributed by atoms with Gasteiger partial charge in [0.1, 0.15) is 22.9 Å². The lowest BCUT2D eigenvalue weighted by Gasteiger charge is -2.25. The van der Waals surface area contributed by atoms with Gasteiger partial charge in [-0.2, -0.15) is 0 Å². The van der Waals surface area contributed by atoms with Gasteiger partial charge < -0.3 is 14.8 Å². The van der Waals surface area contributed by atoms with Gasteiger partial charge in [0.25, 0.3) is 10.0 Å². The van der Waals surface area contributed by atoms with Crippen LogP contribution >= 0.6 is 23.2 Å². The highest BCUT2D eigenvalue weighted by molar-refractivity contribution is 7.93. The van der Waals surface area contributed by atoms with Crippen LogP contribution in [0.15, 0.2) is 65.6 Å². The Morgan fingerprint density at radius 2 is 1.52 bits per heavy atom. The molecule has 0 unspecified atom stereocenters. The van der Waals surface area contributed by atoms with Crippen LogP contribution in [0.4, 0.5) is 11.4 Å². The first-order valence-electron chi connectivity index (χ1n) is 9.72. The maximum absolute atomic E-state index is 13.7. The molecule has 0 spiro atoms. The van der Waals surface area contributed by atoms with Crippen LogP contribution < -0.4 is 19.1 Å². The number of benzene rings is 3. The molecule has 10 heteroatoms. The number of rotatable bonds is 8. The summed E-state index contributed by atoms with van der Waals surface area (Å²) in [6.07, 6.45) is 0. The molecule has 0 atom stereocenters. The Kier molecular flexibility index (Phi) is 7.73. The smallest absolute Gasteiger partial charge is 0.268 e. The average Bonchev–Trinajstić information content (AvgIpc) is 2.78. The van der Waals surface area contributed by atoms with E-state index in [1.165, 1.54) is 38.5 Å². The molecule has 0 aliphatic rings. The van der Waals surface area contributed by atoms with E-state index in [9.17, 15) is 13.2 Å². The second-order valence-electron chi connectivity index (χ2n) is 7.04. The summed E-state index contributed by atoms with van der Waals surface area (Å²) in [5, 5.41) is 3.48. The van der Waals surface area contributed by atoms with Crippen molar-refractivity contribution in [3.05, 3.63) is 76.3 Å². The van der Waals surface area contributed by atoms with Crippen LogP contribution in [0, 0.1) is 6.92 Å². The molecule has 33 heavy (non-hydrogen) atoms. The third kappa shape index (κ3) is 5.71. The van der Waals surface area contributed by atoms with E-state index in [0.29, 0.717) is 21.5 Å². The first-order valence-corrected chi connectivity index (χ1v) is 11.9. The number of sulfonamides is 1. The number of anilines is 2. The van der Waals surface area contributed by atoms with Crippen molar-refractivity contribution in [3.63, 3.8) is 0 Å². The molecule has 0 saturated heterocycles. The van der Waals surface area contributed by atoms with E-state index in [1.807, 2.05) is 0 Å². The van der Waals surface area contributed by atoms with Gasteiger partial charge in [-0.25, -0.2) is 8.42 Å². The molecule has 1 amide bonds. The Hall–Kier alpha value is -2.94.